The molecule has 0 aromatic rings. The second-order valence-corrected chi connectivity index (χ2v) is 3.48. The molecular weight excluding hydrogens is 166 g/mol. The van der Waals surface area contributed by atoms with E-state index in [2.05, 4.69) is 5.32 Å². The van der Waals surface area contributed by atoms with Crippen molar-refractivity contribution >= 4 is 11.1 Å². The SMILES string of the molecule is CC(O)CNCCCS(=O)O. The van der Waals surface area contributed by atoms with Gasteiger partial charge >= 0.3 is 0 Å². The van der Waals surface area contributed by atoms with E-state index in [1.165, 1.54) is 0 Å². The first-order valence-electron chi connectivity index (χ1n) is 3.59. The Kier molecular flexibility index (Phi) is 6.74. The number of rotatable bonds is 6. The van der Waals surface area contributed by atoms with Gasteiger partial charge in [-0.2, -0.15) is 0 Å². The number of aliphatic hydroxyl groups excluding tert-OH is 1. The Morgan fingerprint density at radius 3 is 2.73 bits per heavy atom. The molecule has 11 heavy (non-hydrogen) atoms. The molecule has 0 aromatic heterocycles. The molecule has 0 spiro atoms. The first kappa shape index (κ1) is 11.0. The van der Waals surface area contributed by atoms with Gasteiger partial charge in [0.2, 0.25) is 0 Å². The number of hydrogen-bond donors (Lipinski definition) is 3. The molecule has 3 N–H and O–H groups in total. The third-order valence-electron chi connectivity index (χ3n) is 1.11. The predicted molar refractivity (Wildman–Crippen MR) is 44.8 cm³/mol. The Labute approximate surface area is 69.3 Å². The molecule has 2 atom stereocenters. The lowest BCUT2D eigenvalue weighted by molar-refractivity contribution is 0.191. The summed E-state index contributed by atoms with van der Waals surface area (Å²) in [5.41, 5.74) is 0. The van der Waals surface area contributed by atoms with Crippen LogP contribution in [0, 0.1) is 0 Å². The molecule has 0 aliphatic carbocycles. The van der Waals surface area contributed by atoms with Crippen molar-refractivity contribution in [2.75, 3.05) is 18.8 Å². The molecule has 0 aliphatic heterocycles. The zero-order valence-corrected chi connectivity index (χ0v) is 7.43. The minimum absolute atomic E-state index is 0.298. The summed E-state index contributed by atoms with van der Waals surface area (Å²) in [6.07, 6.45) is 0.310. The van der Waals surface area contributed by atoms with Crippen LogP contribution in [0.1, 0.15) is 13.3 Å². The van der Waals surface area contributed by atoms with Crippen LogP contribution < -0.4 is 5.32 Å². The fourth-order valence-corrected chi connectivity index (χ4v) is 1.02. The number of nitrogens with one attached hydrogen (secondary N) is 1. The maximum Gasteiger partial charge on any atom is 0.152 e. The molecule has 68 valence electrons. The summed E-state index contributed by atoms with van der Waals surface area (Å²) < 4.78 is 18.5. The van der Waals surface area contributed by atoms with Gasteiger partial charge in [-0.1, -0.05) is 0 Å². The zero-order valence-electron chi connectivity index (χ0n) is 6.62. The van der Waals surface area contributed by atoms with Gasteiger partial charge in [-0.15, -0.1) is 0 Å². The summed E-state index contributed by atoms with van der Waals surface area (Å²) in [6.45, 7) is 2.91. The Hall–Kier alpha value is 0.0300. The second kappa shape index (κ2) is 6.72. The highest BCUT2D eigenvalue weighted by Crippen LogP contribution is 1.81. The summed E-state index contributed by atoms with van der Waals surface area (Å²) >= 11 is -1.68. The highest BCUT2D eigenvalue weighted by atomic mass is 32.2. The summed E-state index contributed by atoms with van der Waals surface area (Å²) in [7, 11) is 0. The maximum absolute atomic E-state index is 10.1. The third-order valence-corrected chi connectivity index (χ3v) is 1.75. The standard InChI is InChI=1S/C6H15NO3S/c1-6(8)5-7-3-2-4-11(9)10/h6-8H,2-5H2,1H3,(H,9,10). The molecule has 0 saturated heterocycles. The fraction of sp³-hybridized carbons (Fsp3) is 1.00. The van der Waals surface area contributed by atoms with E-state index in [-0.39, 0.29) is 6.10 Å². The molecule has 0 radical (unpaired) electrons. The molecule has 0 saturated carbocycles. The minimum Gasteiger partial charge on any atom is -0.392 e. The van der Waals surface area contributed by atoms with Gasteiger partial charge in [-0.25, -0.2) is 4.21 Å². The Morgan fingerprint density at radius 1 is 1.64 bits per heavy atom. The zero-order chi connectivity index (χ0) is 8.69. The molecule has 0 heterocycles. The van der Waals surface area contributed by atoms with Gasteiger partial charge in [0.15, 0.2) is 11.1 Å². The summed E-state index contributed by atoms with van der Waals surface area (Å²) in [6, 6.07) is 0. The molecule has 0 aromatic carbocycles. The molecule has 2 unspecified atom stereocenters. The average molecular weight is 181 g/mol. The molecule has 0 fully saturated rings. The van der Waals surface area contributed by atoms with Gasteiger partial charge in [-0.3, -0.25) is 0 Å². The predicted octanol–water partition coefficient (Wildman–Crippen LogP) is -0.431. The van der Waals surface area contributed by atoms with Crippen LogP contribution in [-0.2, 0) is 11.1 Å². The largest absolute Gasteiger partial charge is 0.392 e. The lowest BCUT2D eigenvalue weighted by Crippen LogP contribution is -2.25. The molecular formula is C6H15NO3S. The minimum atomic E-state index is -1.68. The fourth-order valence-electron chi connectivity index (χ4n) is 0.632. The van der Waals surface area contributed by atoms with Crippen LogP contribution in [0.2, 0.25) is 0 Å². The van der Waals surface area contributed by atoms with E-state index in [0.717, 1.165) is 0 Å². The van der Waals surface area contributed by atoms with Crippen molar-refractivity contribution in [3.05, 3.63) is 0 Å². The quantitative estimate of drug-likeness (QED) is 0.384. The van der Waals surface area contributed by atoms with Crippen LogP contribution in [-0.4, -0.2) is 38.8 Å². The van der Waals surface area contributed by atoms with Gasteiger partial charge in [0.05, 0.1) is 11.9 Å². The topological polar surface area (TPSA) is 69.6 Å². The Balaban J connectivity index is 2.97. The van der Waals surface area contributed by atoms with Crippen LogP contribution in [0.5, 0.6) is 0 Å². The maximum atomic E-state index is 10.1. The summed E-state index contributed by atoms with van der Waals surface area (Å²) in [5, 5.41) is 11.7. The third kappa shape index (κ3) is 10.0. The lowest BCUT2D eigenvalue weighted by Gasteiger charge is -2.04. The van der Waals surface area contributed by atoms with Gasteiger partial charge in [0.1, 0.15) is 0 Å². The molecule has 0 rings (SSSR count). The van der Waals surface area contributed by atoms with Crippen molar-refractivity contribution in [2.45, 2.75) is 19.4 Å². The number of aliphatic hydroxyl groups is 1. The van der Waals surface area contributed by atoms with E-state index in [4.69, 9.17) is 9.66 Å². The van der Waals surface area contributed by atoms with Crippen LogP contribution in [0.3, 0.4) is 0 Å². The molecule has 0 bridgehead atoms. The van der Waals surface area contributed by atoms with Crippen molar-refractivity contribution in [1.82, 2.24) is 5.32 Å². The van der Waals surface area contributed by atoms with Crippen molar-refractivity contribution in [3.63, 3.8) is 0 Å². The van der Waals surface area contributed by atoms with E-state index in [0.29, 0.717) is 25.3 Å². The Morgan fingerprint density at radius 2 is 2.27 bits per heavy atom. The first-order valence-corrected chi connectivity index (χ1v) is 4.86. The van der Waals surface area contributed by atoms with Gasteiger partial charge in [0.25, 0.3) is 0 Å². The Bertz CT molecular complexity index is 118. The van der Waals surface area contributed by atoms with Crippen LogP contribution in [0.25, 0.3) is 0 Å². The molecule has 0 amide bonds. The lowest BCUT2D eigenvalue weighted by atomic mass is 10.4. The van der Waals surface area contributed by atoms with Crippen LogP contribution in [0.15, 0.2) is 0 Å². The van der Waals surface area contributed by atoms with E-state index in [1.807, 2.05) is 0 Å². The van der Waals surface area contributed by atoms with Crippen molar-refractivity contribution in [3.8, 4) is 0 Å². The van der Waals surface area contributed by atoms with E-state index in [1.54, 1.807) is 6.92 Å². The number of hydrogen-bond acceptors (Lipinski definition) is 3. The van der Waals surface area contributed by atoms with Crippen molar-refractivity contribution < 1.29 is 13.9 Å². The average Bonchev–Trinajstić information content (AvgIpc) is 1.85. The molecule has 4 nitrogen and oxygen atoms in total. The van der Waals surface area contributed by atoms with Gasteiger partial charge in [0, 0.05) is 6.54 Å². The normalized spacial score (nSPS) is 16.3. The molecule has 0 aliphatic rings. The van der Waals surface area contributed by atoms with Gasteiger partial charge in [-0.05, 0) is 19.9 Å². The van der Waals surface area contributed by atoms with Gasteiger partial charge < -0.3 is 15.0 Å². The monoisotopic (exact) mass is 181 g/mol. The summed E-state index contributed by atoms with van der Waals surface area (Å²) in [4.78, 5) is 0. The van der Waals surface area contributed by atoms with Crippen molar-refractivity contribution in [2.24, 2.45) is 0 Å². The van der Waals surface area contributed by atoms with Crippen molar-refractivity contribution in [1.29, 1.82) is 0 Å². The molecule has 5 heteroatoms. The highest BCUT2D eigenvalue weighted by molar-refractivity contribution is 7.79. The summed E-state index contributed by atoms with van der Waals surface area (Å²) in [5.74, 6) is 0.298. The second-order valence-electron chi connectivity index (χ2n) is 2.43. The smallest absolute Gasteiger partial charge is 0.152 e. The first-order chi connectivity index (χ1) is 5.13. The van der Waals surface area contributed by atoms with E-state index < -0.39 is 11.1 Å². The van der Waals surface area contributed by atoms with Crippen LogP contribution in [0.4, 0.5) is 0 Å². The van der Waals surface area contributed by atoms with Crippen LogP contribution >= 0.6 is 0 Å². The van der Waals surface area contributed by atoms with E-state index in [9.17, 15) is 4.21 Å². The van der Waals surface area contributed by atoms with E-state index >= 15 is 0 Å². The highest BCUT2D eigenvalue weighted by Gasteiger charge is 1.95.